The molecule has 228 valence electrons. The summed E-state index contributed by atoms with van der Waals surface area (Å²) in [4.78, 5) is 38.9. The Hall–Kier alpha value is -4.22. The van der Waals surface area contributed by atoms with Gasteiger partial charge in [0.2, 0.25) is 11.8 Å². The summed E-state index contributed by atoms with van der Waals surface area (Å²) in [6.07, 6.45) is 2.62. The molecule has 0 saturated carbocycles. The molecule has 0 bridgehead atoms. The Morgan fingerprint density at radius 3 is 2.73 bits per heavy atom. The van der Waals surface area contributed by atoms with E-state index in [9.17, 15) is 9.59 Å². The van der Waals surface area contributed by atoms with Gasteiger partial charge in [-0.25, -0.2) is 9.37 Å². The molecule has 4 aromatic rings. The molecule has 3 aliphatic heterocycles. The molecule has 0 radical (unpaired) electrons. The highest BCUT2D eigenvalue weighted by Gasteiger charge is 2.49. The van der Waals surface area contributed by atoms with Gasteiger partial charge in [-0.05, 0) is 45.6 Å². The lowest BCUT2D eigenvalue weighted by molar-refractivity contribution is -0.131. The number of rotatable bonds is 4. The third kappa shape index (κ3) is 4.09. The Kier molecular flexibility index (Phi) is 6.60. The first-order valence-corrected chi connectivity index (χ1v) is 15.0. The Balaban J connectivity index is 1.50. The average molecular weight is 618 g/mol. The molecule has 0 unspecified atom stereocenters. The van der Waals surface area contributed by atoms with E-state index in [0.29, 0.717) is 42.0 Å². The van der Waals surface area contributed by atoms with E-state index >= 15 is 4.39 Å². The zero-order valence-corrected chi connectivity index (χ0v) is 26.0. The number of aryl methyl sites for hydroxylation is 2. The highest BCUT2D eigenvalue weighted by molar-refractivity contribution is 6.35. The first-order chi connectivity index (χ1) is 21.0. The third-order valence-electron chi connectivity index (χ3n) is 8.99. The summed E-state index contributed by atoms with van der Waals surface area (Å²) < 4.78 is 25.2. The number of hydrogen-bond acceptors (Lipinski definition) is 7. The van der Waals surface area contributed by atoms with Crippen LogP contribution in [0.3, 0.4) is 0 Å². The fraction of sp³-hybridized carbons (Fsp3) is 0.375. The summed E-state index contributed by atoms with van der Waals surface area (Å²) in [5.74, 6) is -0.753. The number of ether oxygens (including phenoxy) is 1. The molecular formula is C32H33ClFN7O3. The molecule has 12 heteroatoms. The van der Waals surface area contributed by atoms with Gasteiger partial charge in [-0.15, -0.1) is 0 Å². The predicted molar refractivity (Wildman–Crippen MR) is 169 cm³/mol. The number of amides is 2. The van der Waals surface area contributed by atoms with E-state index in [-0.39, 0.29) is 52.5 Å². The van der Waals surface area contributed by atoms with Crippen molar-refractivity contribution in [3.05, 3.63) is 53.5 Å². The largest absolute Gasteiger partial charge is 0.470 e. The quantitative estimate of drug-likeness (QED) is 0.318. The zero-order valence-electron chi connectivity index (χ0n) is 25.3. The lowest BCUT2D eigenvalue weighted by atomic mass is 9.93. The minimum Gasteiger partial charge on any atom is -0.470 e. The van der Waals surface area contributed by atoms with Crippen LogP contribution in [0.25, 0.3) is 32.9 Å². The number of likely N-dealkylation sites (N-methyl/N-ethyl adjacent to an activating group) is 1. The number of fused-ring (bicyclic) bond motifs is 5. The van der Waals surface area contributed by atoms with Gasteiger partial charge in [-0.1, -0.05) is 30.3 Å². The predicted octanol–water partition coefficient (Wildman–Crippen LogP) is 4.15. The number of carbonyl (C=O) groups excluding carboxylic acids is 2. The maximum atomic E-state index is 17.1. The lowest BCUT2D eigenvalue weighted by Crippen LogP contribution is -2.67. The number of pyridine rings is 1. The van der Waals surface area contributed by atoms with E-state index < -0.39 is 11.9 Å². The number of aromatic nitrogens is 3. The number of benzene rings is 2. The molecule has 5 heterocycles. The third-order valence-corrected chi connectivity index (χ3v) is 9.28. The molecule has 1 saturated heterocycles. The van der Waals surface area contributed by atoms with Crippen LogP contribution in [0.2, 0.25) is 5.02 Å². The highest BCUT2D eigenvalue weighted by Crippen LogP contribution is 2.52. The van der Waals surface area contributed by atoms with E-state index in [2.05, 4.69) is 11.7 Å². The van der Waals surface area contributed by atoms with Crippen molar-refractivity contribution in [1.29, 1.82) is 0 Å². The van der Waals surface area contributed by atoms with Crippen LogP contribution >= 0.6 is 11.6 Å². The van der Waals surface area contributed by atoms with Crippen molar-refractivity contribution in [2.45, 2.75) is 32.0 Å². The second-order valence-electron chi connectivity index (χ2n) is 12.2. The Labute approximate surface area is 259 Å². The van der Waals surface area contributed by atoms with Gasteiger partial charge in [-0.3, -0.25) is 14.3 Å². The molecule has 1 fully saturated rings. The molecule has 10 nitrogen and oxygen atoms in total. The molecule has 0 aliphatic carbocycles. The van der Waals surface area contributed by atoms with Crippen LogP contribution < -0.4 is 14.5 Å². The average Bonchev–Trinajstić information content (AvgIpc) is 3.35. The van der Waals surface area contributed by atoms with Crippen molar-refractivity contribution in [3.8, 4) is 17.0 Å². The fourth-order valence-electron chi connectivity index (χ4n) is 7.04. The maximum absolute atomic E-state index is 17.1. The fourth-order valence-corrected chi connectivity index (χ4v) is 7.33. The van der Waals surface area contributed by atoms with E-state index in [4.69, 9.17) is 21.3 Å². The molecular weight excluding hydrogens is 585 g/mol. The molecule has 0 N–H and O–H groups in total. The highest BCUT2D eigenvalue weighted by atomic mass is 35.5. The molecule has 7 rings (SSSR count). The van der Waals surface area contributed by atoms with Gasteiger partial charge in [0, 0.05) is 48.1 Å². The summed E-state index contributed by atoms with van der Waals surface area (Å²) >= 11 is 7.00. The summed E-state index contributed by atoms with van der Waals surface area (Å²) in [6, 6.07) is 4.72. The molecule has 0 spiro atoms. The van der Waals surface area contributed by atoms with Crippen LogP contribution in [0.5, 0.6) is 5.88 Å². The minimum atomic E-state index is -0.675. The van der Waals surface area contributed by atoms with Crippen LogP contribution in [-0.4, -0.2) is 94.8 Å². The second-order valence-corrected chi connectivity index (χ2v) is 12.6. The van der Waals surface area contributed by atoms with E-state index in [1.165, 1.54) is 6.08 Å². The van der Waals surface area contributed by atoms with Gasteiger partial charge in [0.25, 0.3) is 5.91 Å². The SMILES string of the molecule is C=CC(=O)N1C[C@@H]2C(=O)N3C[C@@H](CN(C)C)Oc4nc5c(F)c(-c6c(C)ccc7cnn(C)c67)c(Cl)cc5c(c43)N2C[C@H]1C. The van der Waals surface area contributed by atoms with Crippen LogP contribution in [0, 0.1) is 12.7 Å². The Morgan fingerprint density at radius 2 is 2.00 bits per heavy atom. The van der Waals surface area contributed by atoms with Crippen molar-refractivity contribution in [2.75, 3.05) is 50.1 Å². The molecule has 3 atom stereocenters. The van der Waals surface area contributed by atoms with Crippen LogP contribution in [0.1, 0.15) is 12.5 Å². The number of carbonyl (C=O) groups is 2. The van der Waals surface area contributed by atoms with Gasteiger partial charge in [-0.2, -0.15) is 5.10 Å². The van der Waals surface area contributed by atoms with Crippen molar-refractivity contribution in [3.63, 3.8) is 0 Å². The zero-order chi connectivity index (χ0) is 31.2. The van der Waals surface area contributed by atoms with Crippen LogP contribution in [0.4, 0.5) is 15.8 Å². The summed E-state index contributed by atoms with van der Waals surface area (Å²) in [7, 11) is 5.67. The van der Waals surface area contributed by atoms with Crippen molar-refractivity contribution < 1.29 is 18.7 Å². The van der Waals surface area contributed by atoms with Gasteiger partial charge in [0.05, 0.1) is 35.5 Å². The smallest absolute Gasteiger partial charge is 0.251 e. The Morgan fingerprint density at radius 1 is 1.23 bits per heavy atom. The van der Waals surface area contributed by atoms with E-state index in [1.54, 1.807) is 26.7 Å². The number of anilines is 2. The minimum absolute atomic E-state index is 0.104. The number of piperazine rings is 1. The van der Waals surface area contributed by atoms with E-state index in [1.807, 2.05) is 56.9 Å². The van der Waals surface area contributed by atoms with Crippen LogP contribution in [-0.2, 0) is 16.6 Å². The second kappa shape index (κ2) is 10.2. The van der Waals surface area contributed by atoms with E-state index in [0.717, 1.165) is 16.5 Å². The molecule has 3 aliphatic rings. The molecule has 2 aromatic heterocycles. The number of halogens is 2. The van der Waals surface area contributed by atoms with Gasteiger partial charge in [0.15, 0.2) is 5.82 Å². The van der Waals surface area contributed by atoms with Gasteiger partial charge >= 0.3 is 0 Å². The monoisotopic (exact) mass is 617 g/mol. The van der Waals surface area contributed by atoms with Crippen molar-refractivity contribution in [1.82, 2.24) is 24.6 Å². The first-order valence-electron chi connectivity index (χ1n) is 14.6. The summed E-state index contributed by atoms with van der Waals surface area (Å²) in [5.41, 5.74) is 3.74. The number of nitrogens with zero attached hydrogens (tertiary/aromatic N) is 7. The lowest BCUT2D eigenvalue weighted by Gasteiger charge is -2.52. The van der Waals surface area contributed by atoms with Crippen molar-refractivity contribution in [2.24, 2.45) is 7.05 Å². The standard InChI is InChI=1S/C32H33ClFN7O3/c1-7-23(42)39-15-22-32(43)41-14-19(13-37(4)5)44-31-30(41)29(40(22)12-17(39)3)20-10-21(33)25(26(34)27(20)36-31)24-16(2)8-9-18-11-35-38(6)28(18)24/h7-11,17,19,22H,1,12-15H2,2-6H3/t17-,19-,22-/m1/s1. The molecule has 2 amide bonds. The topological polar surface area (TPSA) is 87.0 Å². The van der Waals surface area contributed by atoms with Gasteiger partial charge < -0.3 is 24.3 Å². The molecule has 2 aromatic carbocycles. The summed E-state index contributed by atoms with van der Waals surface area (Å²) in [5, 5.41) is 5.97. The van der Waals surface area contributed by atoms with Crippen molar-refractivity contribution >= 4 is 56.6 Å². The van der Waals surface area contributed by atoms with Crippen LogP contribution in [0.15, 0.2) is 37.1 Å². The number of hydrogen-bond donors (Lipinski definition) is 0. The van der Waals surface area contributed by atoms with Gasteiger partial charge in [0.1, 0.15) is 23.3 Å². The first kappa shape index (κ1) is 28.5. The molecule has 44 heavy (non-hydrogen) atoms. The Bertz CT molecular complexity index is 1910. The maximum Gasteiger partial charge on any atom is 0.251 e. The normalized spacial score (nSPS) is 21.1. The summed E-state index contributed by atoms with van der Waals surface area (Å²) in [6.45, 7) is 8.85.